The van der Waals surface area contributed by atoms with E-state index in [2.05, 4.69) is 0 Å². The lowest BCUT2D eigenvalue weighted by Gasteiger charge is -2.36. The highest BCUT2D eigenvalue weighted by Gasteiger charge is 2.28. The molecule has 2 aliphatic rings. The van der Waals surface area contributed by atoms with Crippen molar-refractivity contribution in [3.05, 3.63) is 29.3 Å². The van der Waals surface area contributed by atoms with Gasteiger partial charge in [-0.15, -0.1) is 0 Å². The Morgan fingerprint density at radius 3 is 3.00 bits per heavy atom. The van der Waals surface area contributed by atoms with E-state index in [1.807, 2.05) is 18.2 Å². The summed E-state index contributed by atoms with van der Waals surface area (Å²) in [6.07, 6.45) is 0.899. The standard InChI is InChI=1S/C12H14N2O2/c13-10-6-14(7-10)12(15)9-1-2-11-8(5-9)3-4-16-11/h1-2,5,10H,3-4,6-7,13H2. The maximum absolute atomic E-state index is 12.0. The Hall–Kier alpha value is -1.55. The number of hydrogen-bond donors (Lipinski definition) is 1. The largest absolute Gasteiger partial charge is 0.493 e. The summed E-state index contributed by atoms with van der Waals surface area (Å²) in [6.45, 7) is 2.07. The van der Waals surface area contributed by atoms with Gasteiger partial charge in [-0.25, -0.2) is 0 Å². The molecular formula is C12H14N2O2. The van der Waals surface area contributed by atoms with Gasteiger partial charge < -0.3 is 15.4 Å². The average molecular weight is 218 g/mol. The predicted octanol–water partition coefficient (Wildman–Crippen LogP) is 0.405. The fourth-order valence-corrected chi connectivity index (χ4v) is 2.18. The Balaban J connectivity index is 1.82. The Kier molecular flexibility index (Phi) is 2.11. The molecule has 1 fully saturated rings. The molecule has 0 spiro atoms. The molecule has 16 heavy (non-hydrogen) atoms. The first kappa shape index (κ1) is 9.66. The highest BCUT2D eigenvalue weighted by atomic mass is 16.5. The van der Waals surface area contributed by atoms with Crippen molar-refractivity contribution >= 4 is 5.91 Å². The number of ether oxygens (including phenoxy) is 1. The normalized spacial score (nSPS) is 18.9. The van der Waals surface area contributed by atoms with Gasteiger partial charge in [0.1, 0.15) is 5.75 Å². The minimum Gasteiger partial charge on any atom is -0.493 e. The fraction of sp³-hybridized carbons (Fsp3) is 0.417. The lowest BCUT2D eigenvalue weighted by atomic mass is 10.0. The van der Waals surface area contributed by atoms with Gasteiger partial charge in [-0.3, -0.25) is 4.79 Å². The SMILES string of the molecule is NC1CN(C(=O)c2ccc3c(c2)CCO3)C1. The number of amides is 1. The quantitative estimate of drug-likeness (QED) is 0.742. The summed E-state index contributed by atoms with van der Waals surface area (Å²) in [5.41, 5.74) is 7.54. The summed E-state index contributed by atoms with van der Waals surface area (Å²) in [5.74, 6) is 0.994. The van der Waals surface area contributed by atoms with Crippen molar-refractivity contribution in [3.63, 3.8) is 0 Å². The Morgan fingerprint density at radius 2 is 2.25 bits per heavy atom. The summed E-state index contributed by atoms with van der Waals surface area (Å²) < 4.78 is 5.41. The molecule has 1 saturated heterocycles. The number of nitrogens with two attached hydrogens (primary N) is 1. The van der Waals surface area contributed by atoms with Gasteiger partial charge in [-0.05, 0) is 23.8 Å². The van der Waals surface area contributed by atoms with Crippen LogP contribution in [0.25, 0.3) is 0 Å². The third kappa shape index (κ3) is 1.46. The molecule has 0 unspecified atom stereocenters. The van der Waals surface area contributed by atoms with Crippen molar-refractivity contribution in [3.8, 4) is 5.75 Å². The van der Waals surface area contributed by atoms with Crippen LogP contribution in [0.4, 0.5) is 0 Å². The monoisotopic (exact) mass is 218 g/mol. The van der Waals surface area contributed by atoms with Gasteiger partial charge in [0, 0.05) is 31.1 Å². The van der Waals surface area contributed by atoms with Crippen molar-refractivity contribution < 1.29 is 9.53 Å². The first-order chi connectivity index (χ1) is 7.74. The Morgan fingerprint density at radius 1 is 1.44 bits per heavy atom. The zero-order chi connectivity index (χ0) is 11.1. The van der Waals surface area contributed by atoms with E-state index in [0.717, 1.165) is 29.9 Å². The number of fused-ring (bicyclic) bond motifs is 1. The molecule has 0 aliphatic carbocycles. The van der Waals surface area contributed by atoms with E-state index in [1.165, 1.54) is 0 Å². The zero-order valence-electron chi connectivity index (χ0n) is 8.98. The van der Waals surface area contributed by atoms with Gasteiger partial charge in [-0.1, -0.05) is 0 Å². The highest BCUT2D eigenvalue weighted by molar-refractivity contribution is 5.95. The van der Waals surface area contributed by atoms with E-state index >= 15 is 0 Å². The van der Waals surface area contributed by atoms with Crippen molar-refractivity contribution in [1.82, 2.24) is 4.90 Å². The van der Waals surface area contributed by atoms with Crippen molar-refractivity contribution in [1.29, 1.82) is 0 Å². The van der Waals surface area contributed by atoms with Gasteiger partial charge in [0.05, 0.1) is 6.61 Å². The maximum atomic E-state index is 12.0. The van der Waals surface area contributed by atoms with Gasteiger partial charge >= 0.3 is 0 Å². The third-order valence-corrected chi connectivity index (χ3v) is 3.13. The fourth-order valence-electron chi connectivity index (χ4n) is 2.18. The van der Waals surface area contributed by atoms with E-state index in [1.54, 1.807) is 4.90 Å². The number of likely N-dealkylation sites (tertiary alicyclic amines) is 1. The Bertz CT molecular complexity index is 439. The minimum atomic E-state index is 0.0800. The van der Waals surface area contributed by atoms with E-state index in [0.29, 0.717) is 13.1 Å². The molecule has 0 saturated carbocycles. The lowest BCUT2D eigenvalue weighted by molar-refractivity contribution is 0.0608. The van der Waals surface area contributed by atoms with Gasteiger partial charge in [0.15, 0.2) is 0 Å². The molecule has 0 atom stereocenters. The van der Waals surface area contributed by atoms with E-state index in [4.69, 9.17) is 10.5 Å². The highest BCUT2D eigenvalue weighted by Crippen LogP contribution is 2.26. The zero-order valence-corrected chi connectivity index (χ0v) is 8.98. The van der Waals surface area contributed by atoms with Gasteiger partial charge in [0.25, 0.3) is 5.91 Å². The first-order valence-corrected chi connectivity index (χ1v) is 5.54. The Labute approximate surface area is 94.0 Å². The molecule has 1 amide bonds. The number of nitrogens with zero attached hydrogens (tertiary/aromatic N) is 1. The molecule has 1 aromatic rings. The van der Waals surface area contributed by atoms with Crippen molar-refractivity contribution in [2.24, 2.45) is 5.73 Å². The number of benzene rings is 1. The van der Waals surface area contributed by atoms with Crippen molar-refractivity contribution in [2.45, 2.75) is 12.5 Å². The maximum Gasteiger partial charge on any atom is 0.253 e. The van der Waals surface area contributed by atoms with Crippen LogP contribution in [0.3, 0.4) is 0 Å². The minimum absolute atomic E-state index is 0.0800. The molecule has 3 rings (SSSR count). The van der Waals surface area contributed by atoms with E-state index in [-0.39, 0.29) is 11.9 Å². The van der Waals surface area contributed by atoms with Crippen LogP contribution in [0, 0.1) is 0 Å². The topological polar surface area (TPSA) is 55.6 Å². The molecule has 2 N–H and O–H groups in total. The average Bonchev–Trinajstić information content (AvgIpc) is 2.70. The van der Waals surface area contributed by atoms with Gasteiger partial charge in [-0.2, -0.15) is 0 Å². The summed E-state index contributed by atoms with van der Waals surface area (Å²) >= 11 is 0. The predicted molar refractivity (Wildman–Crippen MR) is 59.5 cm³/mol. The van der Waals surface area contributed by atoms with Crippen LogP contribution in [0.5, 0.6) is 5.75 Å². The number of hydrogen-bond acceptors (Lipinski definition) is 3. The van der Waals surface area contributed by atoms with E-state index in [9.17, 15) is 4.79 Å². The van der Waals surface area contributed by atoms with Crippen LogP contribution in [0.1, 0.15) is 15.9 Å². The molecule has 4 nitrogen and oxygen atoms in total. The van der Waals surface area contributed by atoms with Crippen LogP contribution >= 0.6 is 0 Å². The molecule has 1 aromatic carbocycles. The summed E-state index contributed by atoms with van der Waals surface area (Å²) in [4.78, 5) is 13.8. The van der Waals surface area contributed by atoms with Crippen molar-refractivity contribution in [2.75, 3.05) is 19.7 Å². The molecule has 2 aliphatic heterocycles. The lowest BCUT2D eigenvalue weighted by Crippen LogP contribution is -2.57. The van der Waals surface area contributed by atoms with Crippen LogP contribution < -0.4 is 10.5 Å². The van der Waals surface area contributed by atoms with Crippen LogP contribution in [0.15, 0.2) is 18.2 Å². The summed E-state index contributed by atoms with van der Waals surface area (Å²) in [6, 6.07) is 5.81. The second kappa shape index (κ2) is 3.49. The molecule has 4 heteroatoms. The molecule has 2 heterocycles. The summed E-state index contributed by atoms with van der Waals surface area (Å²) in [5, 5.41) is 0. The number of carbonyl (C=O) groups is 1. The number of rotatable bonds is 1. The molecular weight excluding hydrogens is 204 g/mol. The second-order valence-corrected chi connectivity index (χ2v) is 4.39. The van der Waals surface area contributed by atoms with Gasteiger partial charge in [0.2, 0.25) is 0 Å². The van der Waals surface area contributed by atoms with Crippen LogP contribution in [-0.2, 0) is 6.42 Å². The molecule has 0 bridgehead atoms. The van der Waals surface area contributed by atoms with E-state index < -0.39 is 0 Å². The number of carbonyl (C=O) groups excluding carboxylic acids is 1. The smallest absolute Gasteiger partial charge is 0.253 e. The molecule has 0 radical (unpaired) electrons. The van der Waals surface area contributed by atoms with Crippen LogP contribution in [-0.4, -0.2) is 36.5 Å². The molecule has 84 valence electrons. The summed E-state index contributed by atoms with van der Waals surface area (Å²) in [7, 11) is 0. The van der Waals surface area contributed by atoms with Crippen LogP contribution in [0.2, 0.25) is 0 Å². The third-order valence-electron chi connectivity index (χ3n) is 3.13. The second-order valence-electron chi connectivity index (χ2n) is 4.39. The first-order valence-electron chi connectivity index (χ1n) is 5.54. The molecule has 0 aromatic heterocycles.